The number of nitrogens with one attached hydrogen (secondary N) is 1. The number of rotatable bonds is 6. The second-order valence-corrected chi connectivity index (χ2v) is 4.59. The molecule has 2 N–H and O–H groups in total. The number of aliphatic hydroxyl groups excluding tert-OH is 1. The number of aliphatic hydroxyl groups is 1. The number of nitrogens with zero attached hydrogens (tertiary/aromatic N) is 2. The molecule has 8 heteroatoms. The van der Waals surface area contributed by atoms with E-state index in [-0.39, 0.29) is 18.5 Å². The fourth-order valence-electron chi connectivity index (χ4n) is 1.24. The molecule has 18 heavy (non-hydrogen) atoms. The SMILES string of the molecule is CSCCC(CO)Nc1ccc(C(F)(F)F)nn1. The van der Waals surface area contributed by atoms with Crippen LogP contribution in [0, 0.1) is 0 Å². The quantitative estimate of drug-likeness (QED) is 0.835. The normalized spacial score (nSPS) is 13.4. The fourth-order valence-corrected chi connectivity index (χ4v) is 1.76. The van der Waals surface area contributed by atoms with Crippen LogP contribution in [0.1, 0.15) is 12.1 Å². The number of aromatic nitrogens is 2. The van der Waals surface area contributed by atoms with Crippen LogP contribution in [0.25, 0.3) is 0 Å². The Morgan fingerprint density at radius 1 is 1.39 bits per heavy atom. The molecule has 0 amide bonds. The van der Waals surface area contributed by atoms with Crippen LogP contribution in [-0.4, -0.2) is 40.0 Å². The summed E-state index contributed by atoms with van der Waals surface area (Å²) < 4.78 is 36.7. The molecule has 0 radical (unpaired) electrons. The Labute approximate surface area is 107 Å². The van der Waals surface area contributed by atoms with Gasteiger partial charge in [-0.1, -0.05) is 0 Å². The molecule has 0 aliphatic heterocycles. The molecule has 0 aliphatic rings. The topological polar surface area (TPSA) is 58.0 Å². The highest BCUT2D eigenvalue weighted by Gasteiger charge is 2.32. The Kier molecular flexibility index (Phi) is 5.67. The van der Waals surface area contributed by atoms with Crippen molar-refractivity contribution in [3.8, 4) is 0 Å². The minimum atomic E-state index is -4.49. The average Bonchev–Trinajstić information content (AvgIpc) is 2.34. The lowest BCUT2D eigenvalue weighted by Gasteiger charge is -2.16. The first-order valence-corrected chi connectivity index (χ1v) is 6.64. The summed E-state index contributed by atoms with van der Waals surface area (Å²) in [6.45, 7) is -0.108. The van der Waals surface area contributed by atoms with Crippen molar-refractivity contribution >= 4 is 17.6 Å². The zero-order chi connectivity index (χ0) is 13.6. The van der Waals surface area contributed by atoms with Crippen molar-refractivity contribution in [2.24, 2.45) is 0 Å². The van der Waals surface area contributed by atoms with E-state index in [0.29, 0.717) is 6.42 Å². The number of alkyl halides is 3. The van der Waals surface area contributed by atoms with Crippen LogP contribution < -0.4 is 5.32 Å². The Morgan fingerprint density at radius 3 is 2.56 bits per heavy atom. The van der Waals surface area contributed by atoms with Crippen LogP contribution >= 0.6 is 11.8 Å². The van der Waals surface area contributed by atoms with E-state index in [1.165, 1.54) is 6.07 Å². The van der Waals surface area contributed by atoms with Crippen LogP contribution in [-0.2, 0) is 6.18 Å². The summed E-state index contributed by atoms with van der Waals surface area (Å²) in [6.07, 6.45) is -1.85. The van der Waals surface area contributed by atoms with Crippen molar-refractivity contribution in [1.29, 1.82) is 0 Å². The lowest BCUT2D eigenvalue weighted by molar-refractivity contribution is -0.141. The molecule has 102 valence electrons. The third kappa shape index (κ3) is 4.69. The monoisotopic (exact) mass is 281 g/mol. The van der Waals surface area contributed by atoms with E-state index in [1.54, 1.807) is 11.8 Å². The first-order chi connectivity index (χ1) is 8.47. The van der Waals surface area contributed by atoms with Gasteiger partial charge in [0.15, 0.2) is 5.69 Å². The van der Waals surface area contributed by atoms with Gasteiger partial charge in [0.2, 0.25) is 0 Å². The average molecular weight is 281 g/mol. The third-order valence-electron chi connectivity index (χ3n) is 2.20. The first kappa shape index (κ1) is 15.0. The molecule has 0 saturated heterocycles. The Balaban J connectivity index is 2.62. The maximum Gasteiger partial charge on any atom is 0.435 e. The molecule has 0 bridgehead atoms. The van der Waals surface area contributed by atoms with Gasteiger partial charge in [0.25, 0.3) is 0 Å². The molecule has 0 fully saturated rings. The molecule has 0 spiro atoms. The van der Waals surface area contributed by atoms with Crippen LogP contribution in [0.5, 0.6) is 0 Å². The first-order valence-electron chi connectivity index (χ1n) is 5.24. The van der Waals surface area contributed by atoms with Gasteiger partial charge in [0, 0.05) is 0 Å². The fraction of sp³-hybridized carbons (Fsp3) is 0.600. The molecule has 1 aromatic heterocycles. The van der Waals surface area contributed by atoms with Gasteiger partial charge in [-0.15, -0.1) is 10.2 Å². The lowest BCUT2D eigenvalue weighted by Crippen LogP contribution is -2.25. The number of anilines is 1. The second kappa shape index (κ2) is 6.79. The predicted molar refractivity (Wildman–Crippen MR) is 64.5 cm³/mol. The third-order valence-corrected chi connectivity index (χ3v) is 2.84. The van der Waals surface area contributed by atoms with Crippen LogP contribution in [0.3, 0.4) is 0 Å². The minimum Gasteiger partial charge on any atom is -0.394 e. The maximum absolute atomic E-state index is 12.2. The molecule has 4 nitrogen and oxygen atoms in total. The van der Waals surface area contributed by atoms with Gasteiger partial charge in [0.1, 0.15) is 5.82 Å². The highest BCUT2D eigenvalue weighted by molar-refractivity contribution is 7.98. The smallest absolute Gasteiger partial charge is 0.394 e. The molecule has 1 atom stereocenters. The van der Waals surface area contributed by atoms with Crippen molar-refractivity contribution in [2.75, 3.05) is 23.9 Å². The van der Waals surface area contributed by atoms with Crippen molar-refractivity contribution in [2.45, 2.75) is 18.6 Å². The molecule has 0 saturated carbocycles. The number of hydrogen-bond acceptors (Lipinski definition) is 5. The van der Waals surface area contributed by atoms with E-state index < -0.39 is 11.9 Å². The summed E-state index contributed by atoms with van der Waals surface area (Å²) >= 11 is 1.63. The second-order valence-electron chi connectivity index (χ2n) is 3.61. The zero-order valence-electron chi connectivity index (χ0n) is 9.74. The van der Waals surface area contributed by atoms with Gasteiger partial charge in [-0.3, -0.25) is 0 Å². The summed E-state index contributed by atoms with van der Waals surface area (Å²) in [7, 11) is 0. The Bertz CT molecular complexity index is 358. The van der Waals surface area contributed by atoms with Crippen molar-refractivity contribution in [3.63, 3.8) is 0 Å². The van der Waals surface area contributed by atoms with Gasteiger partial charge in [0.05, 0.1) is 12.6 Å². The number of halogens is 3. The number of hydrogen-bond donors (Lipinski definition) is 2. The highest BCUT2D eigenvalue weighted by atomic mass is 32.2. The molecule has 1 heterocycles. The van der Waals surface area contributed by atoms with Gasteiger partial charge in [-0.2, -0.15) is 24.9 Å². The summed E-state index contributed by atoms with van der Waals surface area (Å²) in [5.41, 5.74) is -1.03. The summed E-state index contributed by atoms with van der Waals surface area (Å²) in [5.74, 6) is 1.06. The largest absolute Gasteiger partial charge is 0.435 e. The van der Waals surface area contributed by atoms with Gasteiger partial charge < -0.3 is 10.4 Å². The van der Waals surface area contributed by atoms with E-state index in [9.17, 15) is 13.2 Å². The van der Waals surface area contributed by atoms with Crippen LogP contribution in [0.15, 0.2) is 12.1 Å². The molecule has 1 aromatic rings. The van der Waals surface area contributed by atoms with Crippen LogP contribution in [0.4, 0.5) is 19.0 Å². The van der Waals surface area contributed by atoms with Crippen molar-refractivity contribution in [3.05, 3.63) is 17.8 Å². The molecule has 0 aliphatic carbocycles. The molecule has 1 unspecified atom stereocenters. The Hall–Kier alpha value is -1.02. The molecular formula is C10H14F3N3OS. The minimum absolute atomic E-state index is 0.108. The standard InChI is InChI=1S/C10H14F3N3OS/c1-18-5-4-7(6-17)14-9-3-2-8(15-16-9)10(11,12)13/h2-3,7,17H,4-6H2,1H3,(H,14,16). The highest BCUT2D eigenvalue weighted by Crippen LogP contribution is 2.27. The van der Waals surface area contributed by atoms with Crippen LogP contribution in [0.2, 0.25) is 0 Å². The van der Waals surface area contributed by atoms with Gasteiger partial charge >= 0.3 is 6.18 Å². The van der Waals surface area contributed by atoms with E-state index in [4.69, 9.17) is 5.11 Å². The summed E-state index contributed by atoms with van der Waals surface area (Å²) in [6, 6.07) is 1.83. The Morgan fingerprint density at radius 2 is 2.11 bits per heavy atom. The van der Waals surface area contributed by atoms with E-state index >= 15 is 0 Å². The van der Waals surface area contributed by atoms with Crippen molar-refractivity contribution < 1.29 is 18.3 Å². The van der Waals surface area contributed by atoms with Gasteiger partial charge in [-0.05, 0) is 30.6 Å². The molecular weight excluding hydrogens is 267 g/mol. The number of thioether (sulfide) groups is 1. The molecule has 1 rings (SSSR count). The molecule has 0 aromatic carbocycles. The zero-order valence-corrected chi connectivity index (χ0v) is 10.6. The van der Waals surface area contributed by atoms with E-state index in [0.717, 1.165) is 11.8 Å². The summed E-state index contributed by atoms with van der Waals surface area (Å²) in [5, 5.41) is 18.5. The lowest BCUT2D eigenvalue weighted by atomic mass is 10.2. The maximum atomic E-state index is 12.2. The van der Waals surface area contributed by atoms with E-state index in [2.05, 4.69) is 15.5 Å². The van der Waals surface area contributed by atoms with Crippen molar-refractivity contribution in [1.82, 2.24) is 10.2 Å². The predicted octanol–water partition coefficient (Wildman–Crippen LogP) is 2.02. The summed E-state index contributed by atoms with van der Waals surface area (Å²) in [4.78, 5) is 0. The van der Waals surface area contributed by atoms with E-state index in [1.807, 2.05) is 6.26 Å². The van der Waals surface area contributed by atoms with Gasteiger partial charge in [-0.25, -0.2) is 0 Å².